The van der Waals surface area contributed by atoms with Crippen LogP contribution in [0.4, 0.5) is 10.5 Å². The van der Waals surface area contributed by atoms with Gasteiger partial charge in [-0.15, -0.1) is 0 Å². The molecule has 0 aliphatic carbocycles. The number of carbonyl (C=O) groups is 2. The first kappa shape index (κ1) is 20.2. The fourth-order valence-electron chi connectivity index (χ4n) is 3.57. The molecule has 1 unspecified atom stereocenters. The normalized spacial score (nSPS) is 15.4. The molecule has 5 nitrogen and oxygen atoms in total. The standard InChI is InChI=1S/C22H26ClN3O2/c1-16(2)20(17-7-4-3-5-8-17)21(27)25-11-13-26(14-12-25)22(28)24-19-10-6-9-18(23)15-19/h3-10,15-16,20H,11-14H2,1-2H3,(H,24,28). The Balaban J connectivity index is 1.59. The Morgan fingerprint density at radius 3 is 2.18 bits per heavy atom. The highest BCUT2D eigenvalue weighted by Crippen LogP contribution is 2.27. The lowest BCUT2D eigenvalue weighted by Crippen LogP contribution is -2.53. The Hall–Kier alpha value is -2.53. The third-order valence-corrected chi connectivity index (χ3v) is 5.28. The van der Waals surface area contributed by atoms with E-state index in [9.17, 15) is 9.59 Å². The van der Waals surface area contributed by atoms with E-state index in [1.165, 1.54) is 0 Å². The van der Waals surface area contributed by atoms with Crippen LogP contribution in [0.2, 0.25) is 5.02 Å². The fourth-order valence-corrected chi connectivity index (χ4v) is 3.76. The van der Waals surface area contributed by atoms with Gasteiger partial charge in [0, 0.05) is 36.9 Å². The third-order valence-electron chi connectivity index (χ3n) is 5.05. The van der Waals surface area contributed by atoms with Crippen molar-refractivity contribution in [3.63, 3.8) is 0 Å². The minimum atomic E-state index is -0.169. The van der Waals surface area contributed by atoms with E-state index in [0.29, 0.717) is 36.9 Å². The van der Waals surface area contributed by atoms with E-state index in [0.717, 1.165) is 5.56 Å². The number of anilines is 1. The van der Waals surface area contributed by atoms with Crippen LogP contribution in [0.3, 0.4) is 0 Å². The molecule has 3 amide bonds. The van der Waals surface area contributed by atoms with Gasteiger partial charge in [0.25, 0.3) is 0 Å². The molecule has 6 heteroatoms. The second kappa shape index (κ2) is 9.11. The molecule has 0 saturated carbocycles. The number of amides is 3. The Morgan fingerprint density at radius 1 is 0.929 bits per heavy atom. The quantitative estimate of drug-likeness (QED) is 0.825. The molecule has 1 heterocycles. The van der Waals surface area contributed by atoms with Crippen molar-refractivity contribution in [3.8, 4) is 0 Å². The molecule has 1 aliphatic rings. The highest BCUT2D eigenvalue weighted by atomic mass is 35.5. The van der Waals surface area contributed by atoms with Gasteiger partial charge in [-0.2, -0.15) is 0 Å². The van der Waals surface area contributed by atoms with Crippen LogP contribution in [0.1, 0.15) is 25.3 Å². The molecule has 0 spiro atoms. The van der Waals surface area contributed by atoms with E-state index in [-0.39, 0.29) is 23.8 Å². The predicted molar refractivity (Wildman–Crippen MR) is 113 cm³/mol. The summed E-state index contributed by atoms with van der Waals surface area (Å²) in [5, 5.41) is 3.44. The van der Waals surface area contributed by atoms with Crippen molar-refractivity contribution < 1.29 is 9.59 Å². The van der Waals surface area contributed by atoms with E-state index in [1.807, 2.05) is 35.2 Å². The van der Waals surface area contributed by atoms with Gasteiger partial charge in [-0.05, 0) is 29.7 Å². The van der Waals surface area contributed by atoms with Gasteiger partial charge in [0.1, 0.15) is 0 Å². The SMILES string of the molecule is CC(C)C(C(=O)N1CCN(C(=O)Nc2cccc(Cl)c2)CC1)c1ccccc1. The molecule has 0 radical (unpaired) electrons. The average Bonchev–Trinajstić information content (AvgIpc) is 2.69. The summed E-state index contributed by atoms with van der Waals surface area (Å²) in [6.07, 6.45) is 0. The smallest absolute Gasteiger partial charge is 0.321 e. The van der Waals surface area contributed by atoms with Gasteiger partial charge in [0.2, 0.25) is 5.91 Å². The number of piperazine rings is 1. The first-order valence-corrected chi connectivity index (χ1v) is 9.98. The summed E-state index contributed by atoms with van der Waals surface area (Å²) in [6.45, 7) is 6.25. The van der Waals surface area contributed by atoms with Crippen LogP contribution in [-0.2, 0) is 4.79 Å². The predicted octanol–water partition coefficient (Wildman–Crippen LogP) is 4.46. The van der Waals surface area contributed by atoms with Crippen molar-refractivity contribution in [3.05, 3.63) is 65.2 Å². The second-order valence-corrected chi connectivity index (χ2v) is 7.82. The minimum Gasteiger partial charge on any atom is -0.339 e. The number of halogens is 1. The average molecular weight is 400 g/mol. The van der Waals surface area contributed by atoms with E-state index >= 15 is 0 Å². The zero-order valence-electron chi connectivity index (χ0n) is 16.3. The molecule has 28 heavy (non-hydrogen) atoms. The molecule has 1 fully saturated rings. The molecule has 2 aromatic rings. The second-order valence-electron chi connectivity index (χ2n) is 7.39. The summed E-state index contributed by atoms with van der Waals surface area (Å²) < 4.78 is 0. The van der Waals surface area contributed by atoms with E-state index in [1.54, 1.807) is 29.2 Å². The third kappa shape index (κ3) is 4.84. The molecule has 2 aromatic carbocycles. The van der Waals surface area contributed by atoms with Crippen LogP contribution < -0.4 is 5.32 Å². The van der Waals surface area contributed by atoms with Gasteiger partial charge >= 0.3 is 6.03 Å². The van der Waals surface area contributed by atoms with Crippen LogP contribution in [-0.4, -0.2) is 47.9 Å². The largest absolute Gasteiger partial charge is 0.339 e. The van der Waals surface area contributed by atoms with Gasteiger partial charge < -0.3 is 15.1 Å². The fraction of sp³-hybridized carbons (Fsp3) is 0.364. The van der Waals surface area contributed by atoms with Crippen molar-refractivity contribution in [1.29, 1.82) is 0 Å². The van der Waals surface area contributed by atoms with Crippen molar-refractivity contribution in [2.75, 3.05) is 31.5 Å². The van der Waals surface area contributed by atoms with Crippen molar-refractivity contribution in [2.24, 2.45) is 5.92 Å². The van der Waals surface area contributed by atoms with Crippen LogP contribution >= 0.6 is 11.6 Å². The number of nitrogens with zero attached hydrogens (tertiary/aromatic N) is 2. The number of rotatable bonds is 4. The lowest BCUT2D eigenvalue weighted by Gasteiger charge is -2.37. The van der Waals surface area contributed by atoms with Crippen LogP contribution in [0, 0.1) is 5.92 Å². The molecule has 1 N–H and O–H groups in total. The first-order valence-electron chi connectivity index (χ1n) is 9.61. The molecular weight excluding hydrogens is 374 g/mol. The maximum absolute atomic E-state index is 13.1. The van der Waals surface area contributed by atoms with Crippen LogP contribution in [0.5, 0.6) is 0 Å². The van der Waals surface area contributed by atoms with Gasteiger partial charge in [0.05, 0.1) is 5.92 Å². The zero-order valence-corrected chi connectivity index (χ0v) is 17.0. The Morgan fingerprint density at radius 2 is 1.57 bits per heavy atom. The number of hydrogen-bond acceptors (Lipinski definition) is 2. The highest BCUT2D eigenvalue weighted by Gasteiger charge is 2.31. The first-order chi connectivity index (χ1) is 13.5. The summed E-state index contributed by atoms with van der Waals surface area (Å²) in [5.74, 6) is 0.184. The summed E-state index contributed by atoms with van der Waals surface area (Å²) in [5.41, 5.74) is 1.71. The lowest BCUT2D eigenvalue weighted by molar-refractivity contribution is -0.135. The van der Waals surface area contributed by atoms with Crippen molar-refractivity contribution in [1.82, 2.24) is 9.80 Å². The molecule has 0 bridgehead atoms. The Kier molecular flexibility index (Phi) is 6.57. The molecule has 3 rings (SSSR count). The topological polar surface area (TPSA) is 52.7 Å². The zero-order chi connectivity index (χ0) is 20.1. The van der Waals surface area contributed by atoms with Crippen molar-refractivity contribution in [2.45, 2.75) is 19.8 Å². The minimum absolute atomic E-state index is 0.135. The van der Waals surface area contributed by atoms with Gasteiger partial charge in [-0.3, -0.25) is 4.79 Å². The number of carbonyl (C=O) groups excluding carboxylic acids is 2. The van der Waals surface area contributed by atoms with Gasteiger partial charge in [0.15, 0.2) is 0 Å². The Labute approximate surface area is 171 Å². The molecule has 1 aliphatic heterocycles. The summed E-state index contributed by atoms with van der Waals surface area (Å²) in [4.78, 5) is 29.2. The molecule has 0 aromatic heterocycles. The number of hydrogen-bond donors (Lipinski definition) is 1. The number of urea groups is 1. The molecular formula is C22H26ClN3O2. The van der Waals surface area contributed by atoms with Crippen LogP contribution in [0.25, 0.3) is 0 Å². The van der Waals surface area contributed by atoms with Crippen molar-refractivity contribution >= 4 is 29.2 Å². The summed E-state index contributed by atoms with van der Waals surface area (Å²) >= 11 is 5.96. The van der Waals surface area contributed by atoms with Gasteiger partial charge in [-0.25, -0.2) is 4.79 Å². The molecule has 1 atom stereocenters. The molecule has 148 valence electrons. The Bertz CT molecular complexity index is 818. The van der Waals surface area contributed by atoms with E-state index < -0.39 is 0 Å². The maximum Gasteiger partial charge on any atom is 0.321 e. The van der Waals surface area contributed by atoms with E-state index in [4.69, 9.17) is 11.6 Å². The van der Waals surface area contributed by atoms with Gasteiger partial charge in [-0.1, -0.05) is 61.8 Å². The maximum atomic E-state index is 13.1. The summed E-state index contributed by atoms with van der Waals surface area (Å²) in [6, 6.07) is 16.8. The van der Waals surface area contributed by atoms with Crippen LogP contribution in [0.15, 0.2) is 54.6 Å². The lowest BCUT2D eigenvalue weighted by atomic mass is 9.87. The number of nitrogens with one attached hydrogen (secondary N) is 1. The number of benzene rings is 2. The monoisotopic (exact) mass is 399 g/mol. The van der Waals surface area contributed by atoms with E-state index in [2.05, 4.69) is 19.2 Å². The molecule has 1 saturated heterocycles. The highest BCUT2D eigenvalue weighted by molar-refractivity contribution is 6.30. The summed E-state index contributed by atoms with van der Waals surface area (Å²) in [7, 11) is 0.